The number of halogens is 1. The van der Waals surface area contributed by atoms with Crippen LogP contribution in [0.3, 0.4) is 0 Å². The molecule has 0 aromatic heterocycles. The van der Waals surface area contributed by atoms with Gasteiger partial charge in [-0.25, -0.2) is 0 Å². The van der Waals surface area contributed by atoms with Crippen molar-refractivity contribution in [1.82, 2.24) is 5.01 Å². The minimum Gasteiger partial charge on any atom is -0.267 e. The molecule has 0 atom stereocenters. The molecule has 5 heteroatoms. The van der Waals surface area contributed by atoms with E-state index in [1.54, 1.807) is 0 Å². The van der Waals surface area contributed by atoms with E-state index in [9.17, 15) is 9.59 Å². The van der Waals surface area contributed by atoms with Crippen LogP contribution in [0.2, 0.25) is 0 Å². The van der Waals surface area contributed by atoms with Crippen molar-refractivity contribution in [3.63, 3.8) is 0 Å². The van der Waals surface area contributed by atoms with Gasteiger partial charge in [0, 0.05) is 9.86 Å². The lowest BCUT2D eigenvalue weighted by molar-refractivity contribution is 0.0616. The normalized spacial score (nSPS) is 15.5. The van der Waals surface area contributed by atoms with Crippen LogP contribution >= 0.6 is 15.9 Å². The molecule has 0 fully saturated rings. The fourth-order valence-corrected chi connectivity index (χ4v) is 4.05. The summed E-state index contributed by atoms with van der Waals surface area (Å²) in [6.07, 6.45) is 3.46. The lowest BCUT2D eigenvalue weighted by Crippen LogP contribution is -2.36. The van der Waals surface area contributed by atoms with E-state index in [4.69, 9.17) is 0 Å². The molecule has 0 bridgehead atoms. The molecule has 1 aliphatic carbocycles. The highest BCUT2D eigenvalue weighted by Gasteiger charge is 2.34. The molecule has 1 aliphatic heterocycles. The zero-order valence-electron chi connectivity index (χ0n) is 13.7. The van der Waals surface area contributed by atoms with Gasteiger partial charge in [-0.1, -0.05) is 40.2 Å². The Balaban J connectivity index is 1.62. The van der Waals surface area contributed by atoms with Gasteiger partial charge in [-0.2, -0.15) is 10.1 Å². The van der Waals surface area contributed by atoms with Crippen LogP contribution in [0.15, 0.2) is 58.1 Å². The standard InChI is InChI=1S/C21H13BrN2O2/c22-15-7-1-12(2-8-15)11-23-24-20(25)16-9-5-13-3-4-14-6-10-17(21(24)26)19(16)18(13)14/h1-2,5-11H,3-4H2/b23-11+. The predicted octanol–water partition coefficient (Wildman–Crippen LogP) is 4.33. The first kappa shape index (κ1) is 15.5. The summed E-state index contributed by atoms with van der Waals surface area (Å²) in [6.45, 7) is 0. The van der Waals surface area contributed by atoms with Crippen LogP contribution in [0.1, 0.15) is 37.4 Å². The highest BCUT2D eigenvalue weighted by Crippen LogP contribution is 2.38. The number of benzene rings is 3. The van der Waals surface area contributed by atoms with Crippen molar-refractivity contribution in [3.8, 4) is 0 Å². The number of aryl methyl sites for hydroxylation is 2. The fraction of sp³-hybridized carbons (Fsp3) is 0.0952. The highest BCUT2D eigenvalue weighted by molar-refractivity contribution is 9.10. The van der Waals surface area contributed by atoms with Gasteiger partial charge in [0.05, 0.1) is 17.3 Å². The van der Waals surface area contributed by atoms with Crippen molar-refractivity contribution >= 4 is 44.7 Å². The van der Waals surface area contributed by atoms with E-state index in [0.29, 0.717) is 11.1 Å². The average Bonchev–Trinajstić information content (AvgIpc) is 3.08. The maximum absolute atomic E-state index is 12.9. The third kappa shape index (κ3) is 2.17. The second-order valence-corrected chi connectivity index (χ2v) is 7.43. The lowest BCUT2D eigenvalue weighted by Gasteiger charge is -2.23. The number of carbonyl (C=O) groups is 2. The number of nitrogens with zero attached hydrogens (tertiary/aromatic N) is 2. The molecule has 0 spiro atoms. The van der Waals surface area contributed by atoms with Crippen LogP contribution in [-0.4, -0.2) is 23.0 Å². The zero-order valence-corrected chi connectivity index (χ0v) is 15.3. The van der Waals surface area contributed by atoms with Crippen molar-refractivity contribution < 1.29 is 9.59 Å². The Labute approximate surface area is 158 Å². The summed E-state index contributed by atoms with van der Waals surface area (Å²) in [5.41, 5.74) is 4.35. The summed E-state index contributed by atoms with van der Waals surface area (Å²) >= 11 is 3.38. The Hall–Kier alpha value is -2.79. The third-order valence-corrected chi connectivity index (χ3v) is 5.56. The lowest BCUT2D eigenvalue weighted by atomic mass is 9.92. The van der Waals surface area contributed by atoms with Crippen molar-refractivity contribution in [1.29, 1.82) is 0 Å². The van der Waals surface area contributed by atoms with Crippen LogP contribution in [0.25, 0.3) is 10.8 Å². The molecule has 5 rings (SSSR count). The molecule has 0 saturated heterocycles. The number of rotatable bonds is 2. The molecule has 1 heterocycles. The van der Waals surface area contributed by atoms with E-state index in [1.165, 1.54) is 17.3 Å². The highest BCUT2D eigenvalue weighted by atomic mass is 79.9. The molecular weight excluding hydrogens is 392 g/mol. The summed E-state index contributed by atoms with van der Waals surface area (Å²) < 4.78 is 0.956. The van der Waals surface area contributed by atoms with Gasteiger partial charge < -0.3 is 0 Å². The van der Waals surface area contributed by atoms with Crippen molar-refractivity contribution in [3.05, 3.63) is 80.8 Å². The molecule has 0 radical (unpaired) electrons. The van der Waals surface area contributed by atoms with Crippen LogP contribution in [0, 0.1) is 0 Å². The van der Waals surface area contributed by atoms with E-state index in [0.717, 1.165) is 38.7 Å². The Bertz CT molecular complexity index is 1070. The van der Waals surface area contributed by atoms with Gasteiger partial charge in [-0.3, -0.25) is 9.59 Å². The zero-order chi connectivity index (χ0) is 17.8. The van der Waals surface area contributed by atoms with Crippen molar-refractivity contribution in [2.24, 2.45) is 5.10 Å². The number of imide groups is 1. The predicted molar refractivity (Wildman–Crippen MR) is 104 cm³/mol. The summed E-state index contributed by atoms with van der Waals surface area (Å²) in [5, 5.41) is 7.03. The topological polar surface area (TPSA) is 49.7 Å². The first-order chi connectivity index (χ1) is 12.6. The molecule has 4 nitrogen and oxygen atoms in total. The number of hydrogen-bond acceptors (Lipinski definition) is 3. The van der Waals surface area contributed by atoms with Gasteiger partial charge in [0.25, 0.3) is 11.8 Å². The van der Waals surface area contributed by atoms with E-state index < -0.39 is 0 Å². The molecule has 3 aromatic carbocycles. The van der Waals surface area contributed by atoms with Gasteiger partial charge in [0.2, 0.25) is 0 Å². The maximum atomic E-state index is 12.9. The molecule has 0 saturated carbocycles. The molecule has 126 valence electrons. The van der Waals surface area contributed by atoms with Crippen molar-refractivity contribution in [2.45, 2.75) is 12.8 Å². The second kappa shape index (κ2) is 5.61. The largest absolute Gasteiger partial charge is 0.282 e. The number of hydrazone groups is 1. The summed E-state index contributed by atoms with van der Waals surface area (Å²) in [6, 6.07) is 15.2. The summed E-state index contributed by atoms with van der Waals surface area (Å²) in [5.74, 6) is -0.738. The quantitative estimate of drug-likeness (QED) is 0.471. The second-order valence-electron chi connectivity index (χ2n) is 6.51. The van der Waals surface area contributed by atoms with E-state index in [-0.39, 0.29) is 11.8 Å². The van der Waals surface area contributed by atoms with Gasteiger partial charge in [-0.15, -0.1) is 0 Å². The van der Waals surface area contributed by atoms with Gasteiger partial charge >= 0.3 is 0 Å². The monoisotopic (exact) mass is 404 g/mol. The minimum atomic E-state index is -0.369. The molecule has 2 amide bonds. The van der Waals surface area contributed by atoms with E-state index in [2.05, 4.69) is 21.0 Å². The molecule has 3 aromatic rings. The van der Waals surface area contributed by atoms with Crippen LogP contribution < -0.4 is 0 Å². The Kier molecular flexibility index (Phi) is 3.34. The van der Waals surface area contributed by atoms with E-state index >= 15 is 0 Å². The van der Waals surface area contributed by atoms with Crippen LogP contribution in [-0.2, 0) is 12.8 Å². The number of hydrogen-bond donors (Lipinski definition) is 0. The third-order valence-electron chi connectivity index (χ3n) is 5.03. The Morgan fingerprint density at radius 1 is 0.808 bits per heavy atom. The molecule has 26 heavy (non-hydrogen) atoms. The van der Waals surface area contributed by atoms with Gasteiger partial charge in [-0.05, 0) is 59.2 Å². The fourth-order valence-electron chi connectivity index (χ4n) is 3.78. The molecule has 0 unspecified atom stereocenters. The Morgan fingerprint density at radius 3 is 1.96 bits per heavy atom. The average molecular weight is 405 g/mol. The smallest absolute Gasteiger partial charge is 0.267 e. The summed E-state index contributed by atoms with van der Waals surface area (Å²) in [7, 11) is 0. The molecular formula is C21H13BrN2O2. The van der Waals surface area contributed by atoms with Crippen LogP contribution in [0.4, 0.5) is 0 Å². The summed E-state index contributed by atoms with van der Waals surface area (Å²) in [4.78, 5) is 25.8. The minimum absolute atomic E-state index is 0.369. The first-order valence-corrected chi connectivity index (χ1v) is 9.18. The van der Waals surface area contributed by atoms with E-state index in [1.807, 2.05) is 48.5 Å². The SMILES string of the molecule is O=C1c2ccc3c4c(ccc(c24)C(=O)N1/N=C/c1ccc(Br)cc1)CC3. The maximum Gasteiger partial charge on any atom is 0.282 e. The molecule has 2 aliphatic rings. The van der Waals surface area contributed by atoms with Gasteiger partial charge in [0.1, 0.15) is 0 Å². The van der Waals surface area contributed by atoms with Crippen LogP contribution in [0.5, 0.6) is 0 Å². The first-order valence-electron chi connectivity index (χ1n) is 8.39. The Morgan fingerprint density at radius 2 is 1.38 bits per heavy atom. The number of carbonyl (C=O) groups excluding carboxylic acids is 2. The molecule has 0 N–H and O–H groups in total. The number of amides is 2. The van der Waals surface area contributed by atoms with Gasteiger partial charge in [0.15, 0.2) is 0 Å². The van der Waals surface area contributed by atoms with Crippen molar-refractivity contribution in [2.75, 3.05) is 0 Å².